The van der Waals surface area contributed by atoms with Crippen LogP contribution in [0.25, 0.3) is 5.78 Å². The average molecular weight is 297 g/mol. The Kier molecular flexibility index (Phi) is 4.39. The van der Waals surface area contributed by atoms with Crippen molar-refractivity contribution in [1.29, 1.82) is 0 Å². The molecule has 20 heavy (non-hydrogen) atoms. The number of hydrogen-bond acceptors (Lipinski definition) is 5. The molecular weight excluding hydrogens is 280 g/mol. The van der Waals surface area contributed by atoms with Crippen LogP contribution in [0, 0.1) is 6.92 Å². The number of aromatic nitrogens is 4. The number of anilines is 1. The predicted molar refractivity (Wildman–Crippen MR) is 76.8 cm³/mol. The fraction of sp³-hybridized carbons (Fsp3) is 0.500. The molecule has 2 heterocycles. The fourth-order valence-electron chi connectivity index (χ4n) is 2.05. The van der Waals surface area contributed by atoms with Crippen molar-refractivity contribution in [3.8, 4) is 0 Å². The number of nitrogens with two attached hydrogens (primary N) is 1. The highest BCUT2D eigenvalue weighted by atomic mass is 35.5. The maximum Gasteiger partial charge on any atom is 0.255 e. The van der Waals surface area contributed by atoms with Crippen molar-refractivity contribution in [2.45, 2.75) is 26.7 Å². The molecule has 0 bridgehead atoms. The second-order valence-corrected chi connectivity index (χ2v) is 4.92. The summed E-state index contributed by atoms with van der Waals surface area (Å²) in [6.07, 6.45) is 3.35. The summed E-state index contributed by atoms with van der Waals surface area (Å²) in [6.45, 7) is 4.72. The van der Waals surface area contributed by atoms with Gasteiger partial charge in [0.15, 0.2) is 0 Å². The van der Waals surface area contributed by atoms with Crippen LogP contribution in [-0.2, 0) is 4.79 Å². The minimum absolute atomic E-state index is 0.107. The molecule has 0 spiro atoms. The van der Waals surface area contributed by atoms with E-state index in [1.54, 1.807) is 4.52 Å². The Morgan fingerprint density at radius 1 is 1.55 bits per heavy atom. The van der Waals surface area contributed by atoms with Crippen LogP contribution >= 0.6 is 11.6 Å². The highest BCUT2D eigenvalue weighted by Gasteiger charge is 2.19. The molecule has 0 aliphatic rings. The zero-order valence-corrected chi connectivity index (χ0v) is 12.3. The van der Waals surface area contributed by atoms with Crippen molar-refractivity contribution < 1.29 is 4.79 Å². The summed E-state index contributed by atoms with van der Waals surface area (Å²) in [4.78, 5) is 21.4. The number of amides is 1. The van der Waals surface area contributed by atoms with Gasteiger partial charge in [-0.3, -0.25) is 4.79 Å². The summed E-state index contributed by atoms with van der Waals surface area (Å²) in [5.74, 6) is 0.716. The van der Waals surface area contributed by atoms with Crippen LogP contribution in [0.1, 0.15) is 25.3 Å². The van der Waals surface area contributed by atoms with Gasteiger partial charge in [0.05, 0.1) is 6.54 Å². The number of fused-ring (bicyclic) bond motifs is 1. The predicted octanol–water partition coefficient (Wildman–Crippen LogP) is 1.18. The summed E-state index contributed by atoms with van der Waals surface area (Å²) in [6, 6.07) is 0. The molecule has 8 heteroatoms. The number of carbonyl (C=O) groups is 1. The van der Waals surface area contributed by atoms with Crippen LogP contribution in [0.3, 0.4) is 0 Å². The molecule has 108 valence electrons. The molecule has 1 amide bonds. The third-order valence-electron chi connectivity index (χ3n) is 3.00. The molecule has 2 N–H and O–H groups in total. The van der Waals surface area contributed by atoms with E-state index in [1.165, 1.54) is 6.33 Å². The lowest BCUT2D eigenvalue weighted by molar-refractivity contribution is -0.116. The lowest BCUT2D eigenvalue weighted by Crippen LogP contribution is -2.36. The third kappa shape index (κ3) is 2.82. The van der Waals surface area contributed by atoms with Crippen molar-refractivity contribution in [3.63, 3.8) is 0 Å². The normalized spacial score (nSPS) is 10.9. The van der Waals surface area contributed by atoms with Gasteiger partial charge in [-0.1, -0.05) is 24.9 Å². The number of primary amides is 1. The minimum Gasteiger partial charge on any atom is -0.368 e. The summed E-state index contributed by atoms with van der Waals surface area (Å²) in [5, 5.41) is 4.50. The molecule has 0 unspecified atom stereocenters. The zero-order valence-electron chi connectivity index (χ0n) is 11.5. The Labute approximate surface area is 121 Å². The first-order valence-electron chi connectivity index (χ1n) is 6.43. The Morgan fingerprint density at radius 2 is 2.30 bits per heavy atom. The molecule has 2 rings (SSSR count). The summed E-state index contributed by atoms with van der Waals surface area (Å²) in [7, 11) is 0. The number of hydrogen-bond donors (Lipinski definition) is 1. The van der Waals surface area contributed by atoms with Crippen LogP contribution in [0.5, 0.6) is 0 Å². The molecule has 0 aromatic carbocycles. The van der Waals surface area contributed by atoms with Gasteiger partial charge in [0, 0.05) is 12.1 Å². The summed E-state index contributed by atoms with van der Waals surface area (Å²) < 4.78 is 1.58. The lowest BCUT2D eigenvalue weighted by atomic mass is 10.2. The zero-order chi connectivity index (χ0) is 14.7. The smallest absolute Gasteiger partial charge is 0.255 e. The van der Waals surface area contributed by atoms with Gasteiger partial charge in [-0.2, -0.15) is 19.6 Å². The van der Waals surface area contributed by atoms with E-state index in [0.717, 1.165) is 18.4 Å². The van der Waals surface area contributed by atoms with E-state index in [4.69, 9.17) is 17.3 Å². The standard InChI is InChI=1S/C12H17ClN6O/c1-3-4-5-18(6-9(14)20)11-8(2)10(13)17-12-15-7-16-19(11)12/h7H,3-6H2,1-2H3,(H2,14,20). The molecule has 0 atom stereocenters. The topological polar surface area (TPSA) is 89.4 Å². The molecule has 7 nitrogen and oxygen atoms in total. The Hall–Kier alpha value is -1.89. The number of nitrogens with zero attached hydrogens (tertiary/aromatic N) is 5. The Morgan fingerprint density at radius 3 is 2.95 bits per heavy atom. The van der Waals surface area contributed by atoms with E-state index in [9.17, 15) is 4.79 Å². The number of unbranched alkanes of at least 4 members (excludes halogenated alkanes) is 1. The maximum absolute atomic E-state index is 11.3. The first kappa shape index (κ1) is 14.5. The van der Waals surface area contributed by atoms with Gasteiger partial charge < -0.3 is 10.6 Å². The van der Waals surface area contributed by atoms with Gasteiger partial charge in [-0.25, -0.2) is 0 Å². The van der Waals surface area contributed by atoms with Crippen molar-refractivity contribution in [2.24, 2.45) is 5.73 Å². The first-order chi connectivity index (χ1) is 9.54. The van der Waals surface area contributed by atoms with Crippen molar-refractivity contribution in [2.75, 3.05) is 18.0 Å². The van der Waals surface area contributed by atoms with E-state index in [-0.39, 0.29) is 6.54 Å². The Balaban J connectivity index is 2.52. The largest absolute Gasteiger partial charge is 0.368 e. The summed E-state index contributed by atoms with van der Waals surface area (Å²) >= 11 is 6.13. The highest BCUT2D eigenvalue weighted by molar-refractivity contribution is 6.30. The Bertz CT molecular complexity index is 626. The van der Waals surface area contributed by atoms with Gasteiger partial charge in [0.2, 0.25) is 5.91 Å². The van der Waals surface area contributed by atoms with E-state index in [2.05, 4.69) is 22.0 Å². The van der Waals surface area contributed by atoms with E-state index < -0.39 is 5.91 Å². The number of rotatable bonds is 6. The quantitative estimate of drug-likeness (QED) is 0.808. The van der Waals surface area contributed by atoms with E-state index >= 15 is 0 Å². The lowest BCUT2D eigenvalue weighted by Gasteiger charge is -2.25. The van der Waals surface area contributed by atoms with Crippen LogP contribution in [0.2, 0.25) is 5.15 Å². The van der Waals surface area contributed by atoms with Crippen LogP contribution in [-0.4, -0.2) is 38.6 Å². The van der Waals surface area contributed by atoms with E-state index in [0.29, 0.717) is 23.3 Å². The van der Waals surface area contributed by atoms with Gasteiger partial charge in [-0.15, -0.1) is 0 Å². The SMILES string of the molecule is CCCCN(CC(N)=O)c1c(C)c(Cl)nc2ncnn12. The monoisotopic (exact) mass is 296 g/mol. The second kappa shape index (κ2) is 6.04. The molecule has 0 saturated carbocycles. The van der Waals surface area contributed by atoms with Crippen molar-refractivity contribution in [3.05, 3.63) is 17.0 Å². The van der Waals surface area contributed by atoms with Gasteiger partial charge in [-0.05, 0) is 13.3 Å². The maximum atomic E-state index is 11.3. The summed E-state index contributed by atoms with van der Waals surface area (Å²) in [5.41, 5.74) is 6.09. The highest BCUT2D eigenvalue weighted by Crippen LogP contribution is 2.25. The van der Waals surface area contributed by atoms with Gasteiger partial charge >= 0.3 is 0 Å². The van der Waals surface area contributed by atoms with Gasteiger partial charge in [0.25, 0.3) is 5.78 Å². The van der Waals surface area contributed by atoms with Crippen molar-refractivity contribution >= 4 is 29.1 Å². The van der Waals surface area contributed by atoms with Crippen LogP contribution in [0.15, 0.2) is 6.33 Å². The molecule has 0 aliphatic carbocycles. The van der Waals surface area contributed by atoms with E-state index in [1.807, 2.05) is 11.8 Å². The molecule has 0 aliphatic heterocycles. The molecular formula is C12H17ClN6O. The minimum atomic E-state index is -0.401. The van der Waals surface area contributed by atoms with Crippen LogP contribution < -0.4 is 10.6 Å². The molecule has 2 aromatic heterocycles. The van der Waals surface area contributed by atoms with Gasteiger partial charge in [0.1, 0.15) is 17.3 Å². The number of halogens is 1. The first-order valence-corrected chi connectivity index (χ1v) is 6.81. The molecule has 2 aromatic rings. The third-order valence-corrected chi connectivity index (χ3v) is 3.37. The molecule has 0 fully saturated rings. The number of carbonyl (C=O) groups excluding carboxylic acids is 1. The van der Waals surface area contributed by atoms with Crippen molar-refractivity contribution in [1.82, 2.24) is 19.6 Å². The molecule has 0 radical (unpaired) electrons. The molecule has 0 saturated heterocycles. The van der Waals surface area contributed by atoms with Crippen LogP contribution in [0.4, 0.5) is 5.82 Å². The second-order valence-electron chi connectivity index (χ2n) is 4.56. The average Bonchev–Trinajstić information content (AvgIpc) is 2.83. The fourth-order valence-corrected chi connectivity index (χ4v) is 2.21.